The van der Waals surface area contributed by atoms with Gasteiger partial charge in [0.1, 0.15) is 5.84 Å². The third kappa shape index (κ3) is 3.31. The normalized spacial score (nSPS) is 25.1. The van der Waals surface area contributed by atoms with E-state index in [-0.39, 0.29) is 17.8 Å². The number of amidine groups is 1. The van der Waals surface area contributed by atoms with Crippen molar-refractivity contribution in [3.63, 3.8) is 0 Å². The van der Waals surface area contributed by atoms with Crippen LogP contribution in [0.1, 0.15) is 32.1 Å². The van der Waals surface area contributed by atoms with E-state index in [0.717, 1.165) is 19.3 Å². The average molecular weight is 185 g/mol. The number of hydrogen-bond donors (Lipinski definition) is 3. The third-order valence-electron chi connectivity index (χ3n) is 2.16. The number of nitrogens with two attached hydrogens (primary N) is 1. The Morgan fingerprint density at radius 1 is 1.69 bits per heavy atom. The standard InChI is InChI=1S/C8H15N3O2/c9-7(11-13)5-6-3-1-2-4-8(12)10-6/h6,13H,1-5H2,(H2,9,11)(H,10,12). The van der Waals surface area contributed by atoms with Crippen molar-refractivity contribution in [2.24, 2.45) is 10.9 Å². The molecule has 1 fully saturated rings. The van der Waals surface area contributed by atoms with Crippen LogP contribution < -0.4 is 11.1 Å². The summed E-state index contributed by atoms with van der Waals surface area (Å²) in [6, 6.07) is 0.0332. The maximum absolute atomic E-state index is 11.1. The fraction of sp³-hybridized carbons (Fsp3) is 0.750. The van der Waals surface area contributed by atoms with Gasteiger partial charge in [-0.1, -0.05) is 11.6 Å². The Morgan fingerprint density at radius 3 is 3.15 bits per heavy atom. The Morgan fingerprint density at radius 2 is 2.46 bits per heavy atom. The molecule has 1 rings (SSSR count). The van der Waals surface area contributed by atoms with E-state index in [4.69, 9.17) is 10.9 Å². The van der Waals surface area contributed by atoms with Crippen LogP contribution in [0, 0.1) is 0 Å². The average Bonchev–Trinajstić information content (AvgIpc) is 2.30. The predicted octanol–water partition coefficient (Wildman–Crippen LogP) is 0.182. The summed E-state index contributed by atoms with van der Waals surface area (Å²) >= 11 is 0. The lowest BCUT2D eigenvalue weighted by atomic mass is 10.1. The molecular weight excluding hydrogens is 170 g/mol. The first kappa shape index (κ1) is 9.83. The second kappa shape index (κ2) is 4.69. The molecule has 0 spiro atoms. The Labute approximate surface area is 77.0 Å². The summed E-state index contributed by atoms with van der Waals surface area (Å²) in [6.07, 6.45) is 3.87. The lowest BCUT2D eigenvalue weighted by molar-refractivity contribution is -0.121. The molecule has 0 saturated carbocycles. The van der Waals surface area contributed by atoms with Crippen molar-refractivity contribution in [2.75, 3.05) is 0 Å². The highest BCUT2D eigenvalue weighted by atomic mass is 16.4. The second-order valence-corrected chi connectivity index (χ2v) is 3.31. The lowest BCUT2D eigenvalue weighted by Crippen LogP contribution is -2.36. The van der Waals surface area contributed by atoms with E-state index >= 15 is 0 Å². The molecule has 13 heavy (non-hydrogen) atoms. The molecule has 74 valence electrons. The number of hydrogen-bond acceptors (Lipinski definition) is 3. The Kier molecular flexibility index (Phi) is 3.54. The van der Waals surface area contributed by atoms with E-state index in [1.807, 2.05) is 0 Å². The van der Waals surface area contributed by atoms with Gasteiger partial charge in [-0.05, 0) is 12.8 Å². The third-order valence-corrected chi connectivity index (χ3v) is 2.16. The molecule has 0 radical (unpaired) electrons. The smallest absolute Gasteiger partial charge is 0.220 e. The molecule has 5 nitrogen and oxygen atoms in total. The number of oxime groups is 1. The van der Waals surface area contributed by atoms with Crippen molar-refractivity contribution < 1.29 is 10.0 Å². The van der Waals surface area contributed by atoms with Gasteiger partial charge >= 0.3 is 0 Å². The van der Waals surface area contributed by atoms with Gasteiger partial charge < -0.3 is 16.3 Å². The molecule has 1 atom stereocenters. The predicted molar refractivity (Wildman–Crippen MR) is 48.4 cm³/mol. The molecule has 5 heteroatoms. The molecule has 1 aliphatic rings. The van der Waals surface area contributed by atoms with Gasteiger partial charge in [-0.15, -0.1) is 0 Å². The molecule has 0 bridgehead atoms. The van der Waals surface area contributed by atoms with E-state index in [0.29, 0.717) is 12.8 Å². The number of nitrogens with one attached hydrogen (secondary N) is 1. The van der Waals surface area contributed by atoms with Crippen molar-refractivity contribution in [3.8, 4) is 0 Å². The summed E-state index contributed by atoms with van der Waals surface area (Å²) in [4.78, 5) is 11.1. The molecule has 0 aromatic heterocycles. The highest BCUT2D eigenvalue weighted by molar-refractivity contribution is 5.82. The Balaban J connectivity index is 2.43. The highest BCUT2D eigenvalue weighted by Crippen LogP contribution is 2.11. The van der Waals surface area contributed by atoms with Crippen LogP contribution in [-0.4, -0.2) is 23.0 Å². The number of carbonyl (C=O) groups is 1. The van der Waals surface area contributed by atoms with Gasteiger partial charge in [0.25, 0.3) is 0 Å². The first-order valence-corrected chi connectivity index (χ1v) is 4.48. The number of nitrogens with zero attached hydrogens (tertiary/aromatic N) is 1. The fourth-order valence-corrected chi connectivity index (χ4v) is 1.49. The zero-order valence-electron chi connectivity index (χ0n) is 7.49. The first-order valence-electron chi connectivity index (χ1n) is 4.48. The first-order chi connectivity index (χ1) is 6.22. The van der Waals surface area contributed by atoms with Gasteiger partial charge in [0.05, 0.1) is 0 Å². The van der Waals surface area contributed by atoms with E-state index < -0.39 is 0 Å². The van der Waals surface area contributed by atoms with Crippen molar-refractivity contribution in [3.05, 3.63) is 0 Å². The van der Waals surface area contributed by atoms with Crippen LogP contribution in [0.3, 0.4) is 0 Å². The lowest BCUT2D eigenvalue weighted by Gasteiger charge is -2.14. The summed E-state index contributed by atoms with van der Waals surface area (Å²) < 4.78 is 0. The number of carbonyl (C=O) groups excluding carboxylic acids is 1. The minimum absolute atomic E-state index is 0.0332. The van der Waals surface area contributed by atoms with Crippen molar-refractivity contribution in [2.45, 2.75) is 38.1 Å². The van der Waals surface area contributed by atoms with Crippen LogP contribution in [0.25, 0.3) is 0 Å². The zero-order chi connectivity index (χ0) is 9.68. The van der Waals surface area contributed by atoms with Crippen LogP contribution >= 0.6 is 0 Å². The molecule has 4 N–H and O–H groups in total. The molecule has 1 amide bonds. The van der Waals surface area contributed by atoms with Gasteiger partial charge in [0, 0.05) is 18.9 Å². The molecule has 0 aliphatic carbocycles. The monoisotopic (exact) mass is 185 g/mol. The number of amides is 1. The van der Waals surface area contributed by atoms with Gasteiger partial charge in [0.15, 0.2) is 0 Å². The van der Waals surface area contributed by atoms with E-state index in [1.54, 1.807) is 0 Å². The van der Waals surface area contributed by atoms with Gasteiger partial charge in [-0.3, -0.25) is 4.79 Å². The molecular formula is C8H15N3O2. The maximum Gasteiger partial charge on any atom is 0.220 e. The van der Waals surface area contributed by atoms with Gasteiger partial charge in [0.2, 0.25) is 5.91 Å². The van der Waals surface area contributed by atoms with E-state index in [2.05, 4.69) is 10.5 Å². The van der Waals surface area contributed by atoms with Crippen molar-refractivity contribution in [1.29, 1.82) is 0 Å². The van der Waals surface area contributed by atoms with E-state index in [1.165, 1.54) is 0 Å². The summed E-state index contributed by atoms with van der Waals surface area (Å²) in [5.74, 6) is 0.237. The minimum Gasteiger partial charge on any atom is -0.409 e. The molecule has 0 aromatic carbocycles. The van der Waals surface area contributed by atoms with Crippen molar-refractivity contribution >= 4 is 11.7 Å². The summed E-state index contributed by atoms with van der Waals surface area (Å²) in [7, 11) is 0. The van der Waals surface area contributed by atoms with Crippen LogP contribution in [0.15, 0.2) is 5.16 Å². The largest absolute Gasteiger partial charge is 0.409 e. The van der Waals surface area contributed by atoms with Gasteiger partial charge in [-0.2, -0.15) is 0 Å². The topological polar surface area (TPSA) is 87.7 Å². The SMILES string of the molecule is N/C(CC1CCCCC(=O)N1)=N\O. The van der Waals surface area contributed by atoms with Crippen molar-refractivity contribution in [1.82, 2.24) is 5.32 Å². The summed E-state index contributed by atoms with van der Waals surface area (Å²) in [6.45, 7) is 0. The number of rotatable bonds is 2. The van der Waals surface area contributed by atoms with Crippen LogP contribution in [0.5, 0.6) is 0 Å². The Bertz CT molecular complexity index is 215. The maximum atomic E-state index is 11.1. The Hall–Kier alpha value is -1.26. The van der Waals surface area contributed by atoms with Gasteiger partial charge in [-0.25, -0.2) is 0 Å². The highest BCUT2D eigenvalue weighted by Gasteiger charge is 2.17. The fourth-order valence-electron chi connectivity index (χ4n) is 1.49. The zero-order valence-corrected chi connectivity index (χ0v) is 7.49. The summed E-state index contributed by atoms with van der Waals surface area (Å²) in [5, 5.41) is 14.1. The minimum atomic E-state index is 0.0332. The quantitative estimate of drug-likeness (QED) is 0.248. The molecule has 1 unspecified atom stereocenters. The molecule has 0 aromatic rings. The summed E-state index contributed by atoms with van der Waals surface area (Å²) in [5.41, 5.74) is 5.35. The molecule has 1 heterocycles. The molecule has 1 aliphatic heterocycles. The van der Waals surface area contributed by atoms with E-state index in [9.17, 15) is 4.79 Å². The van der Waals surface area contributed by atoms with Crippen LogP contribution in [0.2, 0.25) is 0 Å². The van der Waals surface area contributed by atoms with Crippen LogP contribution in [0.4, 0.5) is 0 Å². The molecule has 1 saturated heterocycles. The second-order valence-electron chi connectivity index (χ2n) is 3.31. The van der Waals surface area contributed by atoms with Crippen LogP contribution in [-0.2, 0) is 4.79 Å².